The van der Waals surface area contributed by atoms with Crippen LogP contribution in [0.1, 0.15) is 32.8 Å². The first-order valence-electron chi connectivity index (χ1n) is 8.96. The maximum atomic E-state index is 5.76. The molecule has 1 aromatic carbocycles. The number of hydrogen-bond acceptors (Lipinski definition) is 4. The fraction of sp³-hybridized carbons (Fsp3) is 0.400. The van der Waals surface area contributed by atoms with Gasteiger partial charge >= 0.3 is 0 Å². The van der Waals surface area contributed by atoms with E-state index < -0.39 is 0 Å². The molecule has 0 aliphatic heterocycles. The van der Waals surface area contributed by atoms with Gasteiger partial charge in [0.05, 0.1) is 13.7 Å². The molecule has 6 nitrogen and oxygen atoms in total. The first-order valence-corrected chi connectivity index (χ1v) is 8.96. The Morgan fingerprint density at radius 3 is 2.65 bits per heavy atom. The molecule has 0 fully saturated rings. The Kier molecular flexibility index (Phi) is 7.74. The average molecular weight is 356 g/mol. The molecule has 26 heavy (non-hydrogen) atoms. The summed E-state index contributed by atoms with van der Waals surface area (Å²) in [5.41, 5.74) is 1.02. The highest BCUT2D eigenvalue weighted by atomic mass is 16.5. The number of aromatic nitrogens is 1. The number of nitrogens with one attached hydrogen (secondary N) is 2. The summed E-state index contributed by atoms with van der Waals surface area (Å²) in [5.74, 6) is 2.79. The Hall–Kier alpha value is -2.76. The topological polar surface area (TPSA) is 67.8 Å². The Labute approximate surface area is 155 Å². The molecule has 0 saturated carbocycles. The standard InChI is InChI=1S/C20H28N4O2/c1-5-15(3)24-20(21-6-2)23-14-16-10-11-19(22-13-16)26-18-9-7-8-17(12-18)25-4/h7-13,15H,5-6,14H2,1-4H3,(H2,21,23,24). The van der Waals surface area contributed by atoms with E-state index in [-0.39, 0.29) is 0 Å². The lowest BCUT2D eigenvalue weighted by molar-refractivity contribution is 0.407. The third-order valence-corrected chi connectivity index (χ3v) is 3.82. The van der Waals surface area contributed by atoms with Gasteiger partial charge in [0.25, 0.3) is 0 Å². The molecule has 0 saturated heterocycles. The third-order valence-electron chi connectivity index (χ3n) is 3.82. The van der Waals surface area contributed by atoms with Crippen molar-refractivity contribution in [1.82, 2.24) is 15.6 Å². The summed E-state index contributed by atoms with van der Waals surface area (Å²) >= 11 is 0. The highest BCUT2D eigenvalue weighted by Gasteiger charge is 2.04. The average Bonchev–Trinajstić information content (AvgIpc) is 2.67. The van der Waals surface area contributed by atoms with Crippen molar-refractivity contribution >= 4 is 5.96 Å². The minimum atomic E-state index is 0.379. The normalized spacial score (nSPS) is 12.4. The van der Waals surface area contributed by atoms with Crippen LogP contribution in [0.5, 0.6) is 17.4 Å². The molecule has 6 heteroatoms. The molecule has 140 valence electrons. The molecule has 0 spiro atoms. The fourth-order valence-corrected chi connectivity index (χ4v) is 2.18. The second kappa shape index (κ2) is 10.3. The lowest BCUT2D eigenvalue weighted by atomic mass is 10.2. The van der Waals surface area contributed by atoms with Crippen molar-refractivity contribution in [1.29, 1.82) is 0 Å². The number of benzene rings is 1. The molecule has 2 N–H and O–H groups in total. The lowest BCUT2D eigenvalue weighted by Gasteiger charge is -2.16. The van der Waals surface area contributed by atoms with E-state index in [4.69, 9.17) is 9.47 Å². The summed E-state index contributed by atoms with van der Waals surface area (Å²) in [7, 11) is 1.63. The van der Waals surface area contributed by atoms with E-state index in [1.165, 1.54) is 0 Å². The number of hydrogen-bond donors (Lipinski definition) is 2. The zero-order valence-electron chi connectivity index (χ0n) is 16.0. The van der Waals surface area contributed by atoms with Crippen molar-refractivity contribution in [2.45, 2.75) is 39.8 Å². The summed E-state index contributed by atoms with van der Waals surface area (Å²) in [6.07, 6.45) is 2.83. The number of aliphatic imine (C=N–C) groups is 1. The number of rotatable bonds is 8. The second-order valence-electron chi connectivity index (χ2n) is 5.93. The number of nitrogens with zero attached hydrogens (tertiary/aromatic N) is 2. The predicted molar refractivity (Wildman–Crippen MR) is 105 cm³/mol. The van der Waals surface area contributed by atoms with Crippen LogP contribution in [0.3, 0.4) is 0 Å². The molecule has 0 aliphatic carbocycles. The number of methoxy groups -OCH3 is 1. The summed E-state index contributed by atoms with van der Waals surface area (Å²) in [6.45, 7) is 7.72. The maximum Gasteiger partial charge on any atom is 0.219 e. The van der Waals surface area contributed by atoms with Gasteiger partial charge in [-0.15, -0.1) is 0 Å². The molecule has 0 radical (unpaired) electrons. The van der Waals surface area contributed by atoms with Crippen molar-refractivity contribution in [3.05, 3.63) is 48.2 Å². The molecule has 0 aliphatic rings. The highest BCUT2D eigenvalue weighted by molar-refractivity contribution is 5.80. The van der Waals surface area contributed by atoms with Gasteiger partial charge in [-0.1, -0.05) is 19.1 Å². The first-order chi connectivity index (χ1) is 12.6. The molecule has 1 aromatic heterocycles. The van der Waals surface area contributed by atoms with Crippen molar-refractivity contribution in [2.75, 3.05) is 13.7 Å². The van der Waals surface area contributed by atoms with Crippen LogP contribution in [-0.4, -0.2) is 30.6 Å². The van der Waals surface area contributed by atoms with Crippen molar-refractivity contribution in [3.8, 4) is 17.4 Å². The molecular weight excluding hydrogens is 328 g/mol. The number of guanidine groups is 1. The zero-order valence-corrected chi connectivity index (χ0v) is 16.0. The lowest BCUT2D eigenvalue weighted by Crippen LogP contribution is -2.41. The Balaban J connectivity index is 1.98. The Morgan fingerprint density at radius 2 is 2.00 bits per heavy atom. The van der Waals surface area contributed by atoms with Gasteiger partial charge < -0.3 is 20.1 Å². The van der Waals surface area contributed by atoms with E-state index >= 15 is 0 Å². The van der Waals surface area contributed by atoms with Crippen LogP contribution in [0.25, 0.3) is 0 Å². The highest BCUT2D eigenvalue weighted by Crippen LogP contribution is 2.23. The summed E-state index contributed by atoms with van der Waals surface area (Å²) < 4.78 is 10.9. The Bertz CT molecular complexity index is 701. The minimum absolute atomic E-state index is 0.379. The van der Waals surface area contributed by atoms with Crippen LogP contribution in [0.2, 0.25) is 0 Å². The van der Waals surface area contributed by atoms with E-state index in [9.17, 15) is 0 Å². The van der Waals surface area contributed by atoms with Crippen molar-refractivity contribution in [3.63, 3.8) is 0 Å². The van der Waals surface area contributed by atoms with Crippen molar-refractivity contribution < 1.29 is 9.47 Å². The van der Waals surface area contributed by atoms with E-state index in [2.05, 4.69) is 41.4 Å². The van der Waals surface area contributed by atoms with E-state index in [0.29, 0.717) is 24.2 Å². The molecular formula is C20H28N4O2. The fourth-order valence-electron chi connectivity index (χ4n) is 2.18. The van der Waals surface area contributed by atoms with Gasteiger partial charge in [0, 0.05) is 30.9 Å². The summed E-state index contributed by atoms with van der Waals surface area (Å²) in [5, 5.41) is 6.63. The van der Waals surface area contributed by atoms with Gasteiger partial charge in [-0.3, -0.25) is 0 Å². The molecule has 2 rings (SSSR count). The van der Waals surface area contributed by atoms with Gasteiger partial charge in [-0.25, -0.2) is 9.98 Å². The van der Waals surface area contributed by atoms with Gasteiger partial charge in [0.2, 0.25) is 5.88 Å². The first kappa shape index (κ1) is 19.6. The summed E-state index contributed by atoms with van der Waals surface area (Å²) in [4.78, 5) is 8.96. The smallest absolute Gasteiger partial charge is 0.219 e. The van der Waals surface area contributed by atoms with Gasteiger partial charge in [-0.05, 0) is 38.0 Å². The van der Waals surface area contributed by atoms with Crippen LogP contribution >= 0.6 is 0 Å². The van der Waals surface area contributed by atoms with E-state index in [1.54, 1.807) is 13.3 Å². The molecule has 1 atom stereocenters. The maximum absolute atomic E-state index is 5.76. The molecule has 1 heterocycles. The Morgan fingerprint density at radius 1 is 1.19 bits per heavy atom. The van der Waals surface area contributed by atoms with Crippen LogP contribution in [0.15, 0.2) is 47.6 Å². The predicted octanol–water partition coefficient (Wildman–Crippen LogP) is 3.74. The van der Waals surface area contributed by atoms with Crippen LogP contribution < -0.4 is 20.1 Å². The molecule has 0 amide bonds. The van der Waals surface area contributed by atoms with Gasteiger partial charge in [-0.2, -0.15) is 0 Å². The zero-order chi connectivity index (χ0) is 18.8. The molecule has 0 bridgehead atoms. The van der Waals surface area contributed by atoms with Crippen LogP contribution in [0.4, 0.5) is 0 Å². The van der Waals surface area contributed by atoms with Gasteiger partial charge in [0.1, 0.15) is 11.5 Å². The monoisotopic (exact) mass is 356 g/mol. The summed E-state index contributed by atoms with van der Waals surface area (Å²) in [6, 6.07) is 11.6. The quantitative estimate of drug-likeness (QED) is 0.557. The third kappa shape index (κ3) is 6.27. The number of ether oxygens (including phenoxy) is 2. The number of pyridine rings is 1. The van der Waals surface area contributed by atoms with Crippen LogP contribution in [-0.2, 0) is 6.54 Å². The molecule has 2 aromatic rings. The minimum Gasteiger partial charge on any atom is -0.497 e. The van der Waals surface area contributed by atoms with Gasteiger partial charge in [0.15, 0.2) is 5.96 Å². The van der Waals surface area contributed by atoms with E-state index in [1.807, 2.05) is 36.4 Å². The second-order valence-corrected chi connectivity index (χ2v) is 5.93. The SMILES string of the molecule is CCNC(=NCc1ccc(Oc2cccc(OC)c2)nc1)NC(C)CC. The largest absolute Gasteiger partial charge is 0.497 e. The van der Waals surface area contributed by atoms with Crippen LogP contribution in [0, 0.1) is 0 Å². The molecule has 1 unspecified atom stereocenters. The van der Waals surface area contributed by atoms with E-state index in [0.717, 1.165) is 30.2 Å². The van der Waals surface area contributed by atoms with Crippen molar-refractivity contribution in [2.24, 2.45) is 4.99 Å².